The second-order valence-electron chi connectivity index (χ2n) is 3.61. The molecule has 2 heterocycles. The van der Waals surface area contributed by atoms with Gasteiger partial charge in [-0.25, -0.2) is 13.4 Å². The Bertz CT molecular complexity index is 460. The Balaban J connectivity index is 0.00000128. The van der Waals surface area contributed by atoms with Crippen LogP contribution in [-0.4, -0.2) is 36.8 Å². The van der Waals surface area contributed by atoms with Crippen LogP contribution < -0.4 is 5.73 Å². The molecule has 0 saturated carbocycles. The summed E-state index contributed by atoms with van der Waals surface area (Å²) in [6, 6.07) is -0.0335. The molecule has 0 aliphatic carbocycles. The van der Waals surface area contributed by atoms with Crippen molar-refractivity contribution in [2.45, 2.75) is 23.6 Å². The van der Waals surface area contributed by atoms with E-state index in [1.807, 2.05) is 0 Å². The van der Waals surface area contributed by atoms with Crippen molar-refractivity contribution in [2.75, 3.05) is 13.1 Å². The van der Waals surface area contributed by atoms with Crippen molar-refractivity contribution >= 4 is 33.8 Å². The van der Waals surface area contributed by atoms with Gasteiger partial charge in [0.25, 0.3) is 10.0 Å². The van der Waals surface area contributed by atoms with Gasteiger partial charge in [-0.2, -0.15) is 4.31 Å². The lowest BCUT2D eigenvalue weighted by molar-refractivity contribution is 0.474. The molecule has 92 valence electrons. The zero-order chi connectivity index (χ0) is 11.1. The van der Waals surface area contributed by atoms with Gasteiger partial charge >= 0.3 is 0 Å². The first-order valence-electron chi connectivity index (χ1n) is 4.68. The molecular weight excluding hydrogens is 270 g/mol. The van der Waals surface area contributed by atoms with Crippen LogP contribution >= 0.6 is 23.7 Å². The molecule has 0 radical (unpaired) electrons. The highest BCUT2D eigenvalue weighted by Crippen LogP contribution is 2.24. The van der Waals surface area contributed by atoms with Crippen molar-refractivity contribution in [3.8, 4) is 0 Å². The summed E-state index contributed by atoms with van der Waals surface area (Å²) in [5.41, 5.74) is 5.69. The quantitative estimate of drug-likeness (QED) is 0.862. The number of sulfonamides is 1. The van der Waals surface area contributed by atoms with Gasteiger partial charge < -0.3 is 5.73 Å². The van der Waals surface area contributed by atoms with Crippen molar-refractivity contribution in [1.29, 1.82) is 0 Å². The van der Waals surface area contributed by atoms with Crippen LogP contribution in [0.5, 0.6) is 0 Å². The number of aryl methyl sites for hydroxylation is 1. The van der Waals surface area contributed by atoms with Gasteiger partial charge in [-0.15, -0.1) is 23.7 Å². The van der Waals surface area contributed by atoms with Crippen molar-refractivity contribution < 1.29 is 8.42 Å². The molecule has 0 aromatic carbocycles. The number of nitrogens with zero attached hydrogens (tertiary/aromatic N) is 2. The Kier molecular flexibility index (Phi) is 4.30. The number of halogens is 1. The molecule has 0 amide bonds. The SMILES string of the molecule is Cc1ncc(S(=O)(=O)N2CC[C@H](N)C2)s1.Cl. The van der Waals surface area contributed by atoms with Crippen LogP contribution in [0.25, 0.3) is 0 Å². The lowest BCUT2D eigenvalue weighted by atomic mass is 10.3. The van der Waals surface area contributed by atoms with Crippen molar-refractivity contribution in [1.82, 2.24) is 9.29 Å². The maximum atomic E-state index is 12.0. The molecule has 1 aliphatic rings. The van der Waals surface area contributed by atoms with Crippen molar-refractivity contribution in [3.63, 3.8) is 0 Å². The van der Waals surface area contributed by atoms with E-state index in [1.165, 1.54) is 21.8 Å². The molecule has 2 rings (SSSR count). The minimum absolute atomic E-state index is 0. The molecule has 16 heavy (non-hydrogen) atoms. The number of hydrogen-bond donors (Lipinski definition) is 1. The molecule has 0 spiro atoms. The Morgan fingerprint density at radius 1 is 1.62 bits per heavy atom. The molecule has 0 bridgehead atoms. The summed E-state index contributed by atoms with van der Waals surface area (Å²) in [6.45, 7) is 2.72. The van der Waals surface area contributed by atoms with E-state index in [2.05, 4.69) is 4.98 Å². The summed E-state index contributed by atoms with van der Waals surface area (Å²) in [7, 11) is -3.34. The number of aromatic nitrogens is 1. The fourth-order valence-corrected chi connectivity index (χ4v) is 4.34. The van der Waals surface area contributed by atoms with E-state index in [0.717, 1.165) is 11.4 Å². The second kappa shape index (κ2) is 4.97. The first-order chi connectivity index (χ1) is 7.00. The average molecular weight is 284 g/mol. The molecule has 0 unspecified atom stereocenters. The number of nitrogens with two attached hydrogens (primary N) is 1. The van der Waals surface area contributed by atoms with E-state index in [9.17, 15) is 8.42 Å². The maximum absolute atomic E-state index is 12.0. The van der Waals surface area contributed by atoms with Gasteiger partial charge in [0.2, 0.25) is 0 Å². The second-order valence-corrected chi connectivity index (χ2v) is 7.01. The van der Waals surface area contributed by atoms with Crippen LogP contribution in [0, 0.1) is 6.92 Å². The van der Waals surface area contributed by atoms with Crippen LogP contribution in [-0.2, 0) is 10.0 Å². The third-order valence-electron chi connectivity index (χ3n) is 2.38. The van der Waals surface area contributed by atoms with E-state index in [-0.39, 0.29) is 18.4 Å². The zero-order valence-corrected chi connectivity index (χ0v) is 11.2. The van der Waals surface area contributed by atoms with Crippen LogP contribution in [0.3, 0.4) is 0 Å². The first kappa shape index (κ1) is 13.9. The van der Waals surface area contributed by atoms with E-state index in [4.69, 9.17) is 5.73 Å². The number of hydrogen-bond acceptors (Lipinski definition) is 5. The smallest absolute Gasteiger partial charge is 0.254 e. The van der Waals surface area contributed by atoms with E-state index < -0.39 is 10.0 Å². The van der Waals surface area contributed by atoms with Crippen LogP contribution in [0.2, 0.25) is 0 Å². The standard InChI is InChI=1S/C8H13N3O2S2.ClH/c1-6-10-4-8(14-6)15(12,13)11-3-2-7(9)5-11;/h4,7H,2-3,5,9H2,1H3;1H/t7-;/m0./s1. The van der Waals surface area contributed by atoms with Crippen LogP contribution in [0.15, 0.2) is 10.4 Å². The predicted molar refractivity (Wildman–Crippen MR) is 65.5 cm³/mol. The summed E-state index contributed by atoms with van der Waals surface area (Å²) >= 11 is 1.20. The fourth-order valence-electron chi connectivity index (χ4n) is 1.56. The highest BCUT2D eigenvalue weighted by Gasteiger charge is 2.32. The topological polar surface area (TPSA) is 76.3 Å². The summed E-state index contributed by atoms with van der Waals surface area (Å²) in [5, 5.41) is 0.761. The third kappa shape index (κ3) is 2.54. The van der Waals surface area contributed by atoms with Gasteiger partial charge in [-0.05, 0) is 13.3 Å². The Morgan fingerprint density at radius 2 is 2.31 bits per heavy atom. The lowest BCUT2D eigenvalue weighted by Crippen LogP contribution is -2.31. The minimum atomic E-state index is -3.34. The summed E-state index contributed by atoms with van der Waals surface area (Å²) in [5.74, 6) is 0. The summed E-state index contributed by atoms with van der Waals surface area (Å²) in [4.78, 5) is 3.95. The average Bonchev–Trinajstić information content (AvgIpc) is 2.74. The number of rotatable bonds is 2. The molecule has 1 aromatic rings. The Hall–Kier alpha value is -0.210. The Morgan fingerprint density at radius 3 is 2.75 bits per heavy atom. The molecule has 8 heteroatoms. The molecular formula is C8H14ClN3O2S2. The maximum Gasteiger partial charge on any atom is 0.254 e. The van der Waals surface area contributed by atoms with Gasteiger partial charge in [0, 0.05) is 19.1 Å². The minimum Gasteiger partial charge on any atom is -0.326 e. The molecule has 5 nitrogen and oxygen atoms in total. The van der Waals surface area contributed by atoms with Gasteiger partial charge in [0.05, 0.1) is 11.2 Å². The van der Waals surface area contributed by atoms with E-state index >= 15 is 0 Å². The van der Waals surface area contributed by atoms with E-state index in [1.54, 1.807) is 6.92 Å². The highest BCUT2D eigenvalue weighted by molar-refractivity contribution is 7.91. The van der Waals surface area contributed by atoms with Crippen LogP contribution in [0.4, 0.5) is 0 Å². The van der Waals surface area contributed by atoms with Crippen LogP contribution in [0.1, 0.15) is 11.4 Å². The van der Waals surface area contributed by atoms with Gasteiger partial charge in [-0.3, -0.25) is 0 Å². The largest absolute Gasteiger partial charge is 0.326 e. The molecule has 1 saturated heterocycles. The monoisotopic (exact) mass is 283 g/mol. The third-order valence-corrected chi connectivity index (χ3v) is 5.60. The normalized spacial score (nSPS) is 22.0. The molecule has 1 aliphatic heterocycles. The molecule has 1 atom stereocenters. The van der Waals surface area contributed by atoms with E-state index in [0.29, 0.717) is 17.3 Å². The molecule has 1 aromatic heterocycles. The van der Waals surface area contributed by atoms with Gasteiger partial charge in [0.15, 0.2) is 4.21 Å². The fraction of sp³-hybridized carbons (Fsp3) is 0.625. The van der Waals surface area contributed by atoms with Gasteiger partial charge in [-0.1, -0.05) is 0 Å². The predicted octanol–water partition coefficient (Wildman–Crippen LogP) is 0.595. The Labute approximate surface area is 105 Å². The zero-order valence-electron chi connectivity index (χ0n) is 8.79. The molecule has 2 N–H and O–H groups in total. The first-order valence-corrected chi connectivity index (χ1v) is 6.94. The van der Waals surface area contributed by atoms with Crippen molar-refractivity contribution in [3.05, 3.63) is 11.2 Å². The molecule has 1 fully saturated rings. The lowest BCUT2D eigenvalue weighted by Gasteiger charge is -2.13. The van der Waals surface area contributed by atoms with Gasteiger partial charge in [0.1, 0.15) is 0 Å². The highest BCUT2D eigenvalue weighted by atomic mass is 35.5. The van der Waals surface area contributed by atoms with Crippen molar-refractivity contribution in [2.24, 2.45) is 5.73 Å². The summed E-state index contributed by atoms with van der Waals surface area (Å²) < 4.78 is 25.8. The summed E-state index contributed by atoms with van der Waals surface area (Å²) in [6.07, 6.45) is 2.15. The number of thiazole rings is 1.